The number of allylic oxidation sites excluding steroid dienone is 3. The molecule has 0 spiro atoms. The van der Waals surface area contributed by atoms with Crippen molar-refractivity contribution in [2.75, 3.05) is 16.0 Å². The molecule has 0 saturated heterocycles. The van der Waals surface area contributed by atoms with E-state index in [0.29, 0.717) is 55.6 Å². The number of hydrogen-bond acceptors (Lipinski definition) is 9. The van der Waals surface area contributed by atoms with Gasteiger partial charge in [0, 0.05) is 23.4 Å². The first kappa shape index (κ1) is 28.2. The third-order valence-electron chi connectivity index (χ3n) is 6.89. The van der Waals surface area contributed by atoms with Gasteiger partial charge in [0.15, 0.2) is 10.1 Å². The molecule has 0 saturated carbocycles. The number of amides is 1. The van der Waals surface area contributed by atoms with Crippen LogP contribution in [0.2, 0.25) is 10.0 Å². The second kappa shape index (κ2) is 11.6. The Balaban J connectivity index is 1.42. The van der Waals surface area contributed by atoms with E-state index in [9.17, 15) is 14.9 Å². The van der Waals surface area contributed by atoms with Crippen LogP contribution >= 0.6 is 46.3 Å². The van der Waals surface area contributed by atoms with Crippen LogP contribution in [0.4, 0.5) is 10.8 Å². The highest BCUT2D eigenvalue weighted by Gasteiger charge is 2.41. The van der Waals surface area contributed by atoms with E-state index in [1.165, 1.54) is 23.1 Å². The first-order valence-corrected chi connectivity index (χ1v) is 15.0. The molecule has 2 aromatic carbocycles. The van der Waals surface area contributed by atoms with Crippen LogP contribution in [0.25, 0.3) is 0 Å². The summed E-state index contributed by atoms with van der Waals surface area (Å²) in [4.78, 5) is 27.5. The number of nitrogens with one attached hydrogen (secondary N) is 1. The van der Waals surface area contributed by atoms with Crippen molar-refractivity contribution < 1.29 is 9.59 Å². The van der Waals surface area contributed by atoms with Crippen molar-refractivity contribution >= 4 is 68.8 Å². The Bertz CT molecular complexity index is 1640. The molecule has 0 fully saturated rings. The number of nitriles is 1. The Morgan fingerprint density at radius 2 is 1.98 bits per heavy atom. The normalized spacial score (nSPS) is 17.1. The minimum Gasteiger partial charge on any atom is -0.384 e. The minimum absolute atomic E-state index is 0.0512. The molecule has 2 aliphatic rings. The van der Waals surface area contributed by atoms with Crippen LogP contribution in [0, 0.1) is 25.2 Å². The average molecular weight is 612 g/mol. The van der Waals surface area contributed by atoms with E-state index in [1.807, 2.05) is 32.0 Å². The lowest BCUT2D eigenvalue weighted by atomic mass is 9.76. The third kappa shape index (κ3) is 5.47. The maximum Gasteiger partial charge on any atom is 0.234 e. The van der Waals surface area contributed by atoms with Gasteiger partial charge in [0.05, 0.1) is 33.4 Å². The third-order valence-corrected chi connectivity index (χ3v) is 9.68. The van der Waals surface area contributed by atoms with E-state index in [1.54, 1.807) is 23.1 Å². The molecule has 2 heterocycles. The number of aryl methyl sites for hydroxylation is 2. The fourth-order valence-electron chi connectivity index (χ4n) is 4.82. The average Bonchev–Trinajstić information content (AvgIpc) is 3.39. The number of ketones is 1. The molecule has 40 heavy (non-hydrogen) atoms. The Morgan fingerprint density at radius 1 is 1.18 bits per heavy atom. The molecule has 1 aliphatic heterocycles. The molecule has 1 aromatic heterocycles. The predicted molar refractivity (Wildman–Crippen MR) is 160 cm³/mol. The smallest absolute Gasteiger partial charge is 0.234 e. The van der Waals surface area contributed by atoms with Crippen LogP contribution in [0.3, 0.4) is 0 Å². The van der Waals surface area contributed by atoms with Crippen molar-refractivity contribution in [3.8, 4) is 6.07 Å². The molecule has 1 atom stereocenters. The number of nitrogens with two attached hydrogens (primary N) is 1. The number of rotatable bonds is 6. The maximum absolute atomic E-state index is 13.3. The highest BCUT2D eigenvalue weighted by atomic mass is 35.5. The van der Waals surface area contributed by atoms with E-state index in [0.717, 1.165) is 16.8 Å². The second-order valence-corrected chi connectivity index (χ2v) is 12.5. The molecule has 3 N–H and O–H groups in total. The van der Waals surface area contributed by atoms with E-state index < -0.39 is 5.92 Å². The zero-order valence-electron chi connectivity index (χ0n) is 21.6. The van der Waals surface area contributed by atoms with Gasteiger partial charge < -0.3 is 11.1 Å². The molecule has 1 aliphatic carbocycles. The number of thioether (sulfide) groups is 1. The van der Waals surface area contributed by atoms with Gasteiger partial charge in [0.1, 0.15) is 5.82 Å². The number of Topliss-reactive ketones (excluding diaryl/α,β-unsaturated/α-hetero) is 1. The molecule has 1 unspecified atom stereocenters. The largest absolute Gasteiger partial charge is 0.384 e. The van der Waals surface area contributed by atoms with Crippen molar-refractivity contribution in [1.82, 2.24) is 10.2 Å². The topological polar surface area (TPSA) is 125 Å². The highest BCUT2D eigenvalue weighted by molar-refractivity contribution is 8.01. The lowest BCUT2D eigenvalue weighted by Crippen LogP contribution is -2.38. The summed E-state index contributed by atoms with van der Waals surface area (Å²) in [5.74, 6) is -0.546. The number of aromatic nitrogens is 2. The molecule has 5 rings (SSSR count). The lowest BCUT2D eigenvalue weighted by Gasteiger charge is -2.38. The molecule has 204 valence electrons. The van der Waals surface area contributed by atoms with Crippen LogP contribution in [0.15, 0.2) is 63.4 Å². The number of hydrogen-bond donors (Lipinski definition) is 2. The summed E-state index contributed by atoms with van der Waals surface area (Å²) in [5.41, 5.74) is 11.7. The van der Waals surface area contributed by atoms with Gasteiger partial charge in [0.25, 0.3) is 0 Å². The number of halogens is 2. The fraction of sp³-hybridized carbons (Fsp3) is 0.250. The molecule has 0 bridgehead atoms. The fourth-order valence-corrected chi connectivity index (χ4v) is 6.81. The van der Waals surface area contributed by atoms with E-state index >= 15 is 0 Å². The Labute approximate surface area is 249 Å². The summed E-state index contributed by atoms with van der Waals surface area (Å²) in [6, 6.07) is 13.1. The summed E-state index contributed by atoms with van der Waals surface area (Å²) < 4.78 is 0.562. The first-order chi connectivity index (χ1) is 19.2. The number of anilines is 2. The van der Waals surface area contributed by atoms with Crippen LogP contribution in [0.1, 0.15) is 41.9 Å². The van der Waals surface area contributed by atoms with Gasteiger partial charge in [-0.05, 0) is 67.6 Å². The molecule has 1 amide bonds. The summed E-state index contributed by atoms with van der Waals surface area (Å²) in [6.07, 6.45) is 1.60. The molecular weight excluding hydrogens is 587 g/mol. The Hall–Kier alpha value is -3.36. The van der Waals surface area contributed by atoms with Gasteiger partial charge in [-0.25, -0.2) is 0 Å². The van der Waals surface area contributed by atoms with Gasteiger partial charge >= 0.3 is 0 Å². The Kier molecular flexibility index (Phi) is 8.19. The van der Waals surface area contributed by atoms with E-state index in [2.05, 4.69) is 21.6 Å². The van der Waals surface area contributed by atoms with Crippen molar-refractivity contribution in [3.63, 3.8) is 0 Å². The minimum atomic E-state index is -0.658. The van der Waals surface area contributed by atoms with Crippen LogP contribution in [-0.2, 0) is 9.59 Å². The van der Waals surface area contributed by atoms with Gasteiger partial charge in [-0.2, -0.15) is 5.26 Å². The van der Waals surface area contributed by atoms with Crippen LogP contribution in [0.5, 0.6) is 0 Å². The van der Waals surface area contributed by atoms with Gasteiger partial charge in [-0.3, -0.25) is 14.5 Å². The van der Waals surface area contributed by atoms with Crippen molar-refractivity contribution in [2.45, 2.75) is 43.4 Å². The number of nitrogens with zero attached hydrogens (tertiary/aromatic N) is 4. The summed E-state index contributed by atoms with van der Waals surface area (Å²) in [5, 5.41) is 22.8. The Morgan fingerprint density at radius 3 is 2.70 bits per heavy atom. The monoisotopic (exact) mass is 610 g/mol. The van der Waals surface area contributed by atoms with Crippen molar-refractivity contribution in [1.29, 1.82) is 5.26 Å². The molecule has 0 radical (unpaired) electrons. The maximum atomic E-state index is 13.3. The summed E-state index contributed by atoms with van der Waals surface area (Å²) >= 11 is 14.9. The van der Waals surface area contributed by atoms with Crippen molar-refractivity contribution in [2.24, 2.45) is 5.73 Å². The quantitative estimate of drug-likeness (QED) is 0.303. The second-order valence-electron chi connectivity index (χ2n) is 9.48. The van der Waals surface area contributed by atoms with Gasteiger partial charge in [0.2, 0.25) is 11.0 Å². The van der Waals surface area contributed by atoms with Crippen LogP contribution < -0.4 is 16.0 Å². The summed E-state index contributed by atoms with van der Waals surface area (Å²) in [7, 11) is 0. The lowest BCUT2D eigenvalue weighted by molar-refractivity contribution is -0.116. The van der Waals surface area contributed by atoms with E-state index in [4.69, 9.17) is 28.9 Å². The number of carbonyl (C=O) groups is 2. The molecule has 8 nitrogen and oxygen atoms in total. The molecule has 12 heteroatoms. The number of benzene rings is 2. The van der Waals surface area contributed by atoms with Gasteiger partial charge in [-0.15, -0.1) is 10.2 Å². The standard InChI is InChI=1S/C28H24Cl2N6O2S2/c1-14-6-8-17(10-15(14)2)33-23(38)13-39-28-35-34-27(40-28)36-21-4-3-5-22(37)25(21)24(18(12-31)26(36)32)16-7-9-19(29)20(30)11-16/h6-11,24H,3-5,13,32H2,1-2H3,(H,33,38). The van der Waals surface area contributed by atoms with Crippen LogP contribution in [-0.4, -0.2) is 27.6 Å². The molecule has 3 aromatic rings. The zero-order chi connectivity index (χ0) is 28.6. The predicted octanol–water partition coefficient (Wildman–Crippen LogP) is 6.50. The first-order valence-electron chi connectivity index (χ1n) is 12.4. The zero-order valence-corrected chi connectivity index (χ0v) is 24.8. The highest BCUT2D eigenvalue weighted by Crippen LogP contribution is 2.47. The SMILES string of the molecule is Cc1ccc(NC(=O)CSc2nnc(N3C(N)=C(C#N)C(c4ccc(Cl)c(Cl)c4)C4=C3CCCC4=O)s2)cc1C. The number of carbonyl (C=O) groups excluding carboxylic acids is 2. The van der Waals surface area contributed by atoms with Gasteiger partial charge in [-0.1, -0.05) is 58.4 Å². The molecular formula is C28H24Cl2N6O2S2. The summed E-state index contributed by atoms with van der Waals surface area (Å²) in [6.45, 7) is 4.01. The van der Waals surface area contributed by atoms with Crippen molar-refractivity contribution in [3.05, 3.63) is 85.8 Å². The van der Waals surface area contributed by atoms with E-state index in [-0.39, 0.29) is 28.8 Å².